The average molecular weight is 254 g/mol. The van der Waals surface area contributed by atoms with Crippen LogP contribution in [0.2, 0.25) is 0 Å². The van der Waals surface area contributed by atoms with Crippen molar-refractivity contribution < 1.29 is 24.3 Å². The second-order valence-electron chi connectivity index (χ2n) is 4.59. The molecule has 7 nitrogen and oxygen atoms in total. The van der Waals surface area contributed by atoms with Crippen LogP contribution in [0, 0.1) is 11.8 Å². The molecule has 1 aliphatic carbocycles. The number of carboxylic acid groups (broad SMARTS) is 1. The molecule has 18 heavy (non-hydrogen) atoms. The number of nitrogens with zero attached hydrogens (tertiary/aromatic N) is 1. The Labute approximate surface area is 103 Å². The van der Waals surface area contributed by atoms with Gasteiger partial charge >= 0.3 is 5.97 Å². The SMILES string of the molecule is CCC1C(=O)NC(=O)CN1C(=O)[C@@H]1C[C@@H]1C(=O)O. The van der Waals surface area contributed by atoms with E-state index in [0.29, 0.717) is 6.42 Å². The first-order chi connectivity index (χ1) is 8.45. The number of imide groups is 1. The second-order valence-corrected chi connectivity index (χ2v) is 4.59. The lowest BCUT2D eigenvalue weighted by Gasteiger charge is -2.33. The lowest BCUT2D eigenvalue weighted by atomic mass is 10.1. The van der Waals surface area contributed by atoms with Crippen molar-refractivity contribution in [2.45, 2.75) is 25.8 Å². The fraction of sp³-hybridized carbons (Fsp3) is 0.636. The molecule has 0 aromatic heterocycles. The minimum absolute atomic E-state index is 0.175. The number of piperazine rings is 1. The van der Waals surface area contributed by atoms with Crippen LogP contribution in [0.25, 0.3) is 0 Å². The quantitative estimate of drug-likeness (QED) is 0.627. The fourth-order valence-electron chi connectivity index (χ4n) is 2.26. The molecule has 0 radical (unpaired) electrons. The van der Waals surface area contributed by atoms with Gasteiger partial charge in [-0.2, -0.15) is 0 Å². The molecular weight excluding hydrogens is 240 g/mol. The number of carbonyl (C=O) groups excluding carboxylic acids is 3. The molecule has 1 aliphatic heterocycles. The van der Waals surface area contributed by atoms with Crippen LogP contribution in [-0.2, 0) is 19.2 Å². The molecule has 7 heteroatoms. The number of hydrogen-bond acceptors (Lipinski definition) is 4. The lowest BCUT2D eigenvalue weighted by molar-refractivity contribution is -0.151. The van der Waals surface area contributed by atoms with Gasteiger partial charge in [-0.1, -0.05) is 6.92 Å². The summed E-state index contributed by atoms with van der Waals surface area (Å²) >= 11 is 0. The third-order valence-electron chi connectivity index (χ3n) is 3.35. The Morgan fingerprint density at radius 3 is 2.56 bits per heavy atom. The zero-order valence-corrected chi connectivity index (χ0v) is 9.88. The van der Waals surface area contributed by atoms with E-state index in [1.165, 1.54) is 4.90 Å². The van der Waals surface area contributed by atoms with Crippen molar-refractivity contribution in [2.75, 3.05) is 6.54 Å². The maximum Gasteiger partial charge on any atom is 0.307 e. The average Bonchev–Trinajstić information content (AvgIpc) is 3.07. The lowest BCUT2D eigenvalue weighted by Crippen LogP contribution is -2.60. The summed E-state index contributed by atoms with van der Waals surface area (Å²) in [5, 5.41) is 11.0. The maximum absolute atomic E-state index is 12.1. The first kappa shape index (κ1) is 12.5. The Morgan fingerprint density at radius 1 is 1.39 bits per heavy atom. The maximum atomic E-state index is 12.1. The number of amides is 3. The van der Waals surface area contributed by atoms with Crippen molar-refractivity contribution >= 4 is 23.7 Å². The van der Waals surface area contributed by atoms with Crippen molar-refractivity contribution in [1.82, 2.24) is 10.2 Å². The van der Waals surface area contributed by atoms with Crippen LogP contribution in [-0.4, -0.2) is 46.3 Å². The Morgan fingerprint density at radius 2 is 2.06 bits per heavy atom. The summed E-state index contributed by atoms with van der Waals surface area (Å²) in [6, 6.07) is -0.676. The van der Waals surface area contributed by atoms with Gasteiger partial charge in [0.15, 0.2) is 0 Å². The van der Waals surface area contributed by atoms with E-state index >= 15 is 0 Å². The highest BCUT2D eigenvalue weighted by molar-refractivity contribution is 6.05. The highest BCUT2D eigenvalue weighted by atomic mass is 16.4. The Hall–Kier alpha value is -1.92. The molecule has 3 atom stereocenters. The highest BCUT2D eigenvalue weighted by Gasteiger charge is 2.52. The first-order valence-electron chi connectivity index (χ1n) is 5.82. The normalized spacial score (nSPS) is 30.9. The van der Waals surface area contributed by atoms with Gasteiger partial charge in [-0.3, -0.25) is 24.5 Å². The van der Waals surface area contributed by atoms with Crippen LogP contribution in [0.15, 0.2) is 0 Å². The zero-order chi connectivity index (χ0) is 13.4. The van der Waals surface area contributed by atoms with Gasteiger partial charge in [0.1, 0.15) is 12.6 Å². The predicted octanol–water partition coefficient (Wildman–Crippen LogP) is -1.03. The molecule has 0 aromatic rings. The number of carbonyl (C=O) groups is 4. The molecule has 2 fully saturated rings. The summed E-state index contributed by atoms with van der Waals surface area (Å²) in [7, 11) is 0. The van der Waals surface area contributed by atoms with Gasteiger partial charge in [-0.05, 0) is 12.8 Å². The molecule has 2 N–H and O–H groups in total. The van der Waals surface area contributed by atoms with Crippen LogP contribution in [0.1, 0.15) is 19.8 Å². The molecule has 1 saturated carbocycles. The van der Waals surface area contributed by atoms with E-state index in [-0.39, 0.29) is 13.0 Å². The summed E-state index contributed by atoms with van der Waals surface area (Å²) in [6.07, 6.45) is 0.687. The Kier molecular flexibility index (Phi) is 3.06. The molecular formula is C11H14N2O5. The van der Waals surface area contributed by atoms with E-state index in [1.807, 2.05) is 0 Å². The van der Waals surface area contributed by atoms with Crippen molar-refractivity contribution in [1.29, 1.82) is 0 Å². The molecule has 2 aliphatic rings. The van der Waals surface area contributed by atoms with E-state index in [2.05, 4.69) is 5.32 Å². The van der Waals surface area contributed by atoms with E-state index in [0.717, 1.165) is 0 Å². The third-order valence-corrected chi connectivity index (χ3v) is 3.35. The van der Waals surface area contributed by atoms with Crippen LogP contribution in [0.4, 0.5) is 0 Å². The smallest absolute Gasteiger partial charge is 0.307 e. The van der Waals surface area contributed by atoms with Crippen molar-refractivity contribution in [3.8, 4) is 0 Å². The van der Waals surface area contributed by atoms with Gasteiger partial charge in [-0.15, -0.1) is 0 Å². The van der Waals surface area contributed by atoms with Gasteiger partial charge in [-0.25, -0.2) is 0 Å². The number of carboxylic acids is 1. The molecule has 0 spiro atoms. The number of aliphatic carboxylic acids is 1. The van der Waals surface area contributed by atoms with E-state index in [9.17, 15) is 19.2 Å². The zero-order valence-electron chi connectivity index (χ0n) is 9.88. The number of rotatable bonds is 3. The van der Waals surface area contributed by atoms with Gasteiger partial charge in [0.25, 0.3) is 0 Å². The monoisotopic (exact) mass is 254 g/mol. The van der Waals surface area contributed by atoms with Gasteiger partial charge in [0, 0.05) is 0 Å². The minimum Gasteiger partial charge on any atom is -0.481 e. The minimum atomic E-state index is -1.01. The topological polar surface area (TPSA) is 104 Å². The van der Waals surface area contributed by atoms with E-state index in [4.69, 9.17) is 5.11 Å². The summed E-state index contributed by atoms with van der Waals surface area (Å²) in [4.78, 5) is 46.8. The number of nitrogens with one attached hydrogen (secondary N) is 1. The van der Waals surface area contributed by atoms with Crippen LogP contribution in [0.3, 0.4) is 0 Å². The molecule has 0 bridgehead atoms. The number of hydrogen-bond donors (Lipinski definition) is 2. The molecule has 98 valence electrons. The van der Waals surface area contributed by atoms with Crippen molar-refractivity contribution in [2.24, 2.45) is 11.8 Å². The predicted molar refractivity (Wildman–Crippen MR) is 58.2 cm³/mol. The molecule has 0 aromatic carbocycles. The second kappa shape index (κ2) is 4.40. The molecule has 1 heterocycles. The summed E-state index contributed by atoms with van der Waals surface area (Å²) in [5.74, 6) is -3.68. The van der Waals surface area contributed by atoms with E-state index < -0.39 is 41.6 Å². The Balaban J connectivity index is 2.10. The molecule has 1 unspecified atom stereocenters. The van der Waals surface area contributed by atoms with Gasteiger partial charge in [0.2, 0.25) is 17.7 Å². The Bertz CT molecular complexity index is 433. The molecule has 2 rings (SSSR count). The summed E-state index contributed by atoms with van der Waals surface area (Å²) < 4.78 is 0. The first-order valence-corrected chi connectivity index (χ1v) is 5.82. The van der Waals surface area contributed by atoms with Crippen molar-refractivity contribution in [3.05, 3.63) is 0 Å². The van der Waals surface area contributed by atoms with Crippen LogP contribution in [0.5, 0.6) is 0 Å². The van der Waals surface area contributed by atoms with E-state index in [1.54, 1.807) is 6.92 Å². The summed E-state index contributed by atoms with van der Waals surface area (Å²) in [6.45, 7) is 1.56. The summed E-state index contributed by atoms with van der Waals surface area (Å²) in [5.41, 5.74) is 0. The third kappa shape index (κ3) is 2.07. The molecule has 3 amide bonds. The largest absolute Gasteiger partial charge is 0.481 e. The van der Waals surface area contributed by atoms with Crippen LogP contribution < -0.4 is 5.32 Å². The van der Waals surface area contributed by atoms with Crippen molar-refractivity contribution in [3.63, 3.8) is 0 Å². The standard InChI is InChI=1S/C11H14N2O5/c1-2-7-9(15)12-8(14)4-13(7)10(16)5-3-6(5)11(17)18/h5-7H,2-4H2,1H3,(H,17,18)(H,12,14,15)/t5-,6+,7?/m1/s1. The highest BCUT2D eigenvalue weighted by Crippen LogP contribution is 2.40. The van der Waals surface area contributed by atoms with Gasteiger partial charge in [0.05, 0.1) is 11.8 Å². The van der Waals surface area contributed by atoms with Crippen LogP contribution >= 0.6 is 0 Å². The molecule has 1 saturated heterocycles. The fourth-order valence-corrected chi connectivity index (χ4v) is 2.26. The van der Waals surface area contributed by atoms with Gasteiger partial charge < -0.3 is 10.0 Å².